The lowest BCUT2D eigenvalue weighted by Gasteiger charge is -2.15. The zero-order valence-electron chi connectivity index (χ0n) is 10.1. The Balaban J connectivity index is 1.84. The van der Waals surface area contributed by atoms with Crippen LogP contribution < -0.4 is 5.32 Å². The summed E-state index contributed by atoms with van der Waals surface area (Å²) in [6, 6.07) is 15.1. The molecule has 0 aliphatic carbocycles. The van der Waals surface area contributed by atoms with Gasteiger partial charge in [-0.05, 0) is 36.2 Å². The van der Waals surface area contributed by atoms with E-state index in [-0.39, 0.29) is 0 Å². The van der Waals surface area contributed by atoms with Crippen molar-refractivity contribution in [2.75, 3.05) is 11.1 Å². The first-order valence-electron chi connectivity index (χ1n) is 5.98. The molecule has 3 heteroatoms. The maximum Gasteiger partial charge on any atom is 0.0618 e. The third-order valence-electron chi connectivity index (χ3n) is 3.21. The van der Waals surface area contributed by atoms with Gasteiger partial charge < -0.3 is 5.32 Å². The van der Waals surface area contributed by atoms with Crippen LogP contribution in [0, 0.1) is 6.92 Å². The van der Waals surface area contributed by atoms with Crippen LogP contribution in [0.3, 0.4) is 0 Å². The number of anilines is 1. The number of fused-ring (bicyclic) bond motifs is 1. The first kappa shape index (κ1) is 11.9. The predicted octanol–water partition coefficient (Wildman–Crippen LogP) is 4.91. The van der Waals surface area contributed by atoms with E-state index in [9.17, 15) is 0 Å². The number of hydrogen-bond acceptors (Lipinski definition) is 2. The van der Waals surface area contributed by atoms with E-state index in [1.165, 1.54) is 10.5 Å². The highest BCUT2D eigenvalue weighted by molar-refractivity contribution is 7.99. The van der Waals surface area contributed by atoms with Gasteiger partial charge in [0.25, 0.3) is 0 Å². The van der Waals surface area contributed by atoms with Gasteiger partial charge in [0.2, 0.25) is 0 Å². The number of hydrogen-bond donors (Lipinski definition) is 1. The molecule has 18 heavy (non-hydrogen) atoms. The van der Waals surface area contributed by atoms with E-state index in [4.69, 9.17) is 11.6 Å². The monoisotopic (exact) mass is 275 g/mol. The van der Waals surface area contributed by atoms with Crippen molar-refractivity contribution in [3.8, 4) is 0 Å². The Hall–Kier alpha value is -1.12. The van der Waals surface area contributed by atoms with E-state index in [2.05, 4.69) is 41.7 Å². The van der Waals surface area contributed by atoms with Crippen LogP contribution >= 0.6 is 23.4 Å². The molecule has 1 N–H and O–H groups in total. The summed E-state index contributed by atoms with van der Waals surface area (Å²) in [5.74, 6) is 1.07. The van der Waals surface area contributed by atoms with Crippen molar-refractivity contribution < 1.29 is 0 Å². The maximum absolute atomic E-state index is 6.15. The summed E-state index contributed by atoms with van der Waals surface area (Å²) in [5.41, 5.74) is 3.59. The average molecular weight is 276 g/mol. The first-order chi connectivity index (χ1) is 8.74. The minimum atomic E-state index is 0.380. The molecule has 2 aromatic rings. The van der Waals surface area contributed by atoms with Crippen molar-refractivity contribution in [1.82, 2.24) is 0 Å². The van der Waals surface area contributed by atoms with Gasteiger partial charge in [-0.2, -0.15) is 0 Å². The molecule has 0 spiro atoms. The van der Waals surface area contributed by atoms with Crippen LogP contribution in [0.1, 0.15) is 17.2 Å². The lowest BCUT2D eigenvalue weighted by Crippen LogP contribution is -2.09. The second-order valence-electron chi connectivity index (χ2n) is 4.51. The van der Waals surface area contributed by atoms with Crippen LogP contribution in [0.5, 0.6) is 0 Å². The number of thioether (sulfide) groups is 1. The fourth-order valence-corrected chi connectivity index (χ4v) is 3.51. The Morgan fingerprint density at radius 1 is 1.22 bits per heavy atom. The Bertz CT molecular complexity index is 582. The molecule has 0 saturated heterocycles. The second kappa shape index (κ2) is 4.87. The van der Waals surface area contributed by atoms with E-state index < -0.39 is 0 Å². The van der Waals surface area contributed by atoms with E-state index >= 15 is 0 Å². The fraction of sp³-hybridized carbons (Fsp3) is 0.200. The molecule has 1 heterocycles. The highest BCUT2D eigenvalue weighted by atomic mass is 35.5. The SMILES string of the molecule is Cc1ccc(NC2CSc3ccccc32)cc1Cl. The number of aryl methyl sites for hydroxylation is 1. The topological polar surface area (TPSA) is 12.0 Å². The number of rotatable bonds is 2. The van der Waals surface area contributed by atoms with Gasteiger partial charge in [-0.25, -0.2) is 0 Å². The predicted molar refractivity (Wildman–Crippen MR) is 79.7 cm³/mol. The first-order valence-corrected chi connectivity index (χ1v) is 7.35. The van der Waals surface area contributed by atoms with E-state index in [0.29, 0.717) is 6.04 Å². The van der Waals surface area contributed by atoms with Gasteiger partial charge in [0.05, 0.1) is 6.04 Å². The third kappa shape index (κ3) is 2.23. The van der Waals surface area contributed by atoms with Crippen molar-refractivity contribution in [3.63, 3.8) is 0 Å². The minimum Gasteiger partial charge on any atom is -0.377 e. The van der Waals surface area contributed by atoms with Crippen LogP contribution in [0.15, 0.2) is 47.4 Å². The fourth-order valence-electron chi connectivity index (χ4n) is 2.17. The number of halogens is 1. The smallest absolute Gasteiger partial charge is 0.0618 e. The number of benzene rings is 2. The molecule has 0 amide bonds. The van der Waals surface area contributed by atoms with Crippen molar-refractivity contribution in [3.05, 3.63) is 58.6 Å². The molecule has 0 bridgehead atoms. The van der Waals surface area contributed by atoms with Gasteiger partial charge in [-0.15, -0.1) is 11.8 Å². The molecule has 0 fully saturated rings. The lowest BCUT2D eigenvalue weighted by atomic mass is 10.1. The largest absolute Gasteiger partial charge is 0.377 e. The zero-order chi connectivity index (χ0) is 12.5. The molecule has 0 aromatic heterocycles. The van der Waals surface area contributed by atoms with Crippen molar-refractivity contribution in [2.24, 2.45) is 0 Å². The summed E-state index contributed by atoms with van der Waals surface area (Å²) in [6.07, 6.45) is 0. The minimum absolute atomic E-state index is 0.380. The zero-order valence-corrected chi connectivity index (χ0v) is 11.7. The summed E-state index contributed by atoms with van der Waals surface area (Å²) in [4.78, 5) is 1.38. The second-order valence-corrected chi connectivity index (χ2v) is 5.98. The molecule has 2 aromatic carbocycles. The summed E-state index contributed by atoms with van der Waals surface area (Å²) in [6.45, 7) is 2.02. The standard InChI is InChI=1S/C15H14ClNS/c1-10-6-7-11(8-13(10)16)17-14-9-18-15-5-3-2-4-12(14)15/h2-8,14,17H,9H2,1H3. The van der Waals surface area contributed by atoms with Gasteiger partial charge in [-0.3, -0.25) is 0 Å². The van der Waals surface area contributed by atoms with Crippen LogP contribution in [-0.4, -0.2) is 5.75 Å². The highest BCUT2D eigenvalue weighted by Crippen LogP contribution is 2.39. The molecule has 3 rings (SSSR count). The van der Waals surface area contributed by atoms with E-state index in [0.717, 1.165) is 22.0 Å². The van der Waals surface area contributed by atoms with Gasteiger partial charge in [0, 0.05) is 21.4 Å². The molecule has 1 nitrogen and oxygen atoms in total. The molecular formula is C15H14ClNS. The Morgan fingerprint density at radius 2 is 2.06 bits per heavy atom. The summed E-state index contributed by atoms with van der Waals surface area (Å²) < 4.78 is 0. The normalized spacial score (nSPS) is 17.6. The van der Waals surface area contributed by atoms with Crippen LogP contribution in [0.2, 0.25) is 5.02 Å². The molecule has 0 radical (unpaired) electrons. The Labute approximate surface area is 117 Å². The highest BCUT2D eigenvalue weighted by Gasteiger charge is 2.22. The molecular weight excluding hydrogens is 262 g/mol. The maximum atomic E-state index is 6.15. The van der Waals surface area contributed by atoms with Crippen molar-refractivity contribution in [1.29, 1.82) is 0 Å². The molecule has 1 aliphatic rings. The molecule has 1 aliphatic heterocycles. The van der Waals surface area contributed by atoms with Crippen LogP contribution in [0.4, 0.5) is 5.69 Å². The average Bonchev–Trinajstić information content (AvgIpc) is 2.78. The molecule has 0 saturated carbocycles. The quantitative estimate of drug-likeness (QED) is 0.836. The number of nitrogens with one attached hydrogen (secondary N) is 1. The molecule has 1 atom stereocenters. The van der Waals surface area contributed by atoms with Crippen LogP contribution in [0.25, 0.3) is 0 Å². The molecule has 92 valence electrons. The molecule has 1 unspecified atom stereocenters. The van der Waals surface area contributed by atoms with Crippen LogP contribution in [-0.2, 0) is 0 Å². The summed E-state index contributed by atoms with van der Waals surface area (Å²) in [7, 11) is 0. The van der Waals surface area contributed by atoms with Gasteiger partial charge in [-0.1, -0.05) is 35.9 Å². The van der Waals surface area contributed by atoms with Gasteiger partial charge in [0.15, 0.2) is 0 Å². The Morgan fingerprint density at radius 3 is 2.89 bits per heavy atom. The van der Waals surface area contributed by atoms with Crippen molar-refractivity contribution in [2.45, 2.75) is 17.9 Å². The van der Waals surface area contributed by atoms with Gasteiger partial charge >= 0.3 is 0 Å². The van der Waals surface area contributed by atoms with E-state index in [1.54, 1.807) is 0 Å². The summed E-state index contributed by atoms with van der Waals surface area (Å²) >= 11 is 8.06. The van der Waals surface area contributed by atoms with Crippen molar-refractivity contribution >= 4 is 29.1 Å². The Kier molecular flexibility index (Phi) is 3.23. The van der Waals surface area contributed by atoms with Gasteiger partial charge in [0.1, 0.15) is 0 Å². The summed E-state index contributed by atoms with van der Waals surface area (Å²) in [5, 5.41) is 4.38. The van der Waals surface area contributed by atoms with E-state index in [1.807, 2.05) is 24.8 Å². The lowest BCUT2D eigenvalue weighted by molar-refractivity contribution is 0.900. The third-order valence-corrected chi connectivity index (χ3v) is 4.80.